The summed E-state index contributed by atoms with van der Waals surface area (Å²) in [7, 11) is 0. The normalized spacial score (nSPS) is 10.9. The summed E-state index contributed by atoms with van der Waals surface area (Å²) in [5, 5.41) is 3.80. The zero-order valence-corrected chi connectivity index (χ0v) is 18.6. The van der Waals surface area contributed by atoms with Crippen LogP contribution in [0, 0.1) is 0 Å². The van der Waals surface area contributed by atoms with Crippen molar-refractivity contribution in [2.45, 2.75) is 19.3 Å². The molecule has 0 saturated heterocycles. The smallest absolute Gasteiger partial charge is 0.306 e. The highest BCUT2D eigenvalue weighted by Crippen LogP contribution is 2.40. The number of aromatic nitrogens is 1. The Labute approximate surface area is 190 Å². The SMILES string of the molecule is O=C(COC(=O)CCCc1nc2ccccc2s1)Nc1c(Cl)c(Cl)cc(Cl)c1Cl. The molecule has 0 bridgehead atoms. The van der Waals surface area contributed by atoms with E-state index in [0.29, 0.717) is 12.8 Å². The van der Waals surface area contributed by atoms with Crippen molar-refractivity contribution in [3.05, 3.63) is 55.4 Å². The number of hydrogen-bond donors (Lipinski definition) is 1. The molecule has 1 amide bonds. The monoisotopic (exact) mass is 490 g/mol. The summed E-state index contributed by atoms with van der Waals surface area (Å²) in [6.07, 6.45) is 1.41. The van der Waals surface area contributed by atoms with Crippen molar-refractivity contribution < 1.29 is 14.3 Å². The first-order valence-electron chi connectivity index (χ1n) is 8.48. The van der Waals surface area contributed by atoms with Crippen LogP contribution >= 0.6 is 57.7 Å². The van der Waals surface area contributed by atoms with E-state index < -0.39 is 18.5 Å². The number of halogens is 4. The number of hydrogen-bond acceptors (Lipinski definition) is 5. The lowest BCUT2D eigenvalue weighted by Crippen LogP contribution is -2.21. The minimum absolute atomic E-state index is 0.0524. The number of carbonyl (C=O) groups is 2. The van der Waals surface area contributed by atoms with Crippen LogP contribution in [-0.2, 0) is 20.7 Å². The first-order chi connectivity index (χ1) is 13.8. The molecule has 1 heterocycles. The number of benzene rings is 2. The first kappa shape index (κ1) is 22.1. The van der Waals surface area contributed by atoms with Crippen molar-refractivity contribution in [1.82, 2.24) is 4.98 Å². The molecule has 1 aromatic heterocycles. The van der Waals surface area contributed by atoms with Gasteiger partial charge in [0.25, 0.3) is 5.91 Å². The number of nitrogens with one attached hydrogen (secondary N) is 1. The highest BCUT2D eigenvalue weighted by molar-refractivity contribution is 7.18. The molecule has 3 aromatic rings. The van der Waals surface area contributed by atoms with Crippen molar-refractivity contribution in [3.8, 4) is 0 Å². The van der Waals surface area contributed by atoms with Crippen molar-refractivity contribution in [3.63, 3.8) is 0 Å². The quantitative estimate of drug-likeness (QED) is 0.306. The zero-order chi connectivity index (χ0) is 21.0. The topological polar surface area (TPSA) is 68.3 Å². The number of carbonyl (C=O) groups excluding carboxylic acids is 2. The molecule has 29 heavy (non-hydrogen) atoms. The average molecular weight is 492 g/mol. The summed E-state index contributed by atoms with van der Waals surface area (Å²) in [6.45, 7) is -0.475. The molecule has 0 aliphatic carbocycles. The van der Waals surface area contributed by atoms with Crippen LogP contribution in [0.1, 0.15) is 17.8 Å². The van der Waals surface area contributed by atoms with Gasteiger partial charge in [-0.1, -0.05) is 58.5 Å². The van der Waals surface area contributed by atoms with Crippen LogP contribution in [0.15, 0.2) is 30.3 Å². The standard InChI is InChI=1S/C19H14Cl4N2O3S/c20-10-8-11(21)18(23)19(17(10)22)25-14(26)9-28-16(27)7-3-6-15-24-12-4-1-2-5-13(12)29-15/h1-2,4-5,8H,3,6-7,9H2,(H,25,26). The molecule has 1 N–H and O–H groups in total. The number of ether oxygens (including phenoxy) is 1. The van der Waals surface area contributed by atoms with Gasteiger partial charge in [-0.05, 0) is 31.0 Å². The molecular formula is C19H14Cl4N2O3S. The van der Waals surface area contributed by atoms with Gasteiger partial charge in [0.1, 0.15) is 0 Å². The van der Waals surface area contributed by atoms with Crippen molar-refractivity contribution in [2.24, 2.45) is 0 Å². The summed E-state index contributed by atoms with van der Waals surface area (Å²) >= 11 is 25.5. The molecule has 0 atom stereocenters. The highest BCUT2D eigenvalue weighted by atomic mass is 35.5. The predicted molar refractivity (Wildman–Crippen MR) is 119 cm³/mol. The van der Waals surface area contributed by atoms with E-state index >= 15 is 0 Å². The van der Waals surface area contributed by atoms with Gasteiger partial charge in [-0.15, -0.1) is 11.3 Å². The van der Waals surface area contributed by atoms with Gasteiger partial charge in [0.05, 0.1) is 41.0 Å². The summed E-state index contributed by atoms with van der Waals surface area (Å²) in [6, 6.07) is 9.23. The third-order valence-electron chi connectivity index (χ3n) is 3.85. The molecule has 0 saturated carbocycles. The van der Waals surface area contributed by atoms with Gasteiger partial charge in [0.2, 0.25) is 0 Å². The summed E-state index contributed by atoms with van der Waals surface area (Å²) in [4.78, 5) is 28.4. The van der Waals surface area contributed by atoms with E-state index in [4.69, 9.17) is 51.1 Å². The van der Waals surface area contributed by atoms with Crippen LogP contribution < -0.4 is 5.32 Å². The maximum atomic E-state index is 12.0. The number of anilines is 1. The second-order valence-electron chi connectivity index (χ2n) is 5.98. The van der Waals surface area contributed by atoms with Crippen LogP contribution in [0.3, 0.4) is 0 Å². The second-order valence-corrected chi connectivity index (χ2v) is 8.67. The fourth-order valence-electron chi connectivity index (χ4n) is 2.49. The van der Waals surface area contributed by atoms with E-state index in [9.17, 15) is 9.59 Å². The van der Waals surface area contributed by atoms with Gasteiger partial charge in [-0.25, -0.2) is 4.98 Å². The Morgan fingerprint density at radius 3 is 2.45 bits per heavy atom. The summed E-state index contributed by atoms with van der Waals surface area (Å²) in [5.74, 6) is -1.09. The predicted octanol–water partition coefficient (Wildman–Crippen LogP) is 6.41. The third kappa shape index (κ3) is 5.74. The Hall–Kier alpha value is -1.57. The molecular weight excluding hydrogens is 478 g/mol. The zero-order valence-electron chi connectivity index (χ0n) is 14.8. The fourth-order valence-corrected chi connectivity index (χ4v) is 4.40. The maximum absolute atomic E-state index is 12.0. The number of esters is 1. The average Bonchev–Trinajstić information content (AvgIpc) is 3.11. The minimum Gasteiger partial charge on any atom is -0.456 e. The minimum atomic E-state index is -0.605. The van der Waals surface area contributed by atoms with Crippen molar-refractivity contribution in [2.75, 3.05) is 11.9 Å². The van der Waals surface area contributed by atoms with E-state index in [1.165, 1.54) is 6.07 Å². The Morgan fingerprint density at radius 1 is 1.07 bits per heavy atom. The molecule has 0 aliphatic rings. The van der Waals surface area contributed by atoms with Crippen LogP contribution in [0.4, 0.5) is 5.69 Å². The lowest BCUT2D eigenvalue weighted by atomic mass is 10.2. The van der Waals surface area contributed by atoms with E-state index in [2.05, 4.69) is 10.3 Å². The Kier molecular flexibility index (Phi) is 7.60. The van der Waals surface area contributed by atoms with Gasteiger partial charge < -0.3 is 10.1 Å². The summed E-state index contributed by atoms with van der Waals surface area (Å²) in [5.41, 5.74) is 1.02. The Bertz CT molecular complexity index is 1010. The second kappa shape index (κ2) is 9.96. The molecule has 5 nitrogen and oxygen atoms in total. The molecule has 0 spiro atoms. The molecule has 3 rings (SSSR count). The molecule has 10 heteroatoms. The van der Waals surface area contributed by atoms with Crippen LogP contribution in [-0.4, -0.2) is 23.5 Å². The number of thiazole rings is 1. The molecule has 0 fully saturated rings. The summed E-state index contributed by atoms with van der Waals surface area (Å²) < 4.78 is 6.10. The van der Waals surface area contributed by atoms with Gasteiger partial charge in [0, 0.05) is 6.42 Å². The number of amides is 1. The van der Waals surface area contributed by atoms with Gasteiger partial charge in [-0.3, -0.25) is 9.59 Å². The molecule has 2 aromatic carbocycles. The van der Waals surface area contributed by atoms with E-state index in [-0.39, 0.29) is 32.2 Å². The number of fused-ring (bicyclic) bond motifs is 1. The molecule has 0 unspecified atom stereocenters. The van der Waals surface area contributed by atoms with Gasteiger partial charge in [0.15, 0.2) is 6.61 Å². The first-order valence-corrected chi connectivity index (χ1v) is 10.8. The van der Waals surface area contributed by atoms with Crippen LogP contribution in [0.2, 0.25) is 20.1 Å². The van der Waals surface area contributed by atoms with E-state index in [1.807, 2.05) is 24.3 Å². The lowest BCUT2D eigenvalue weighted by Gasteiger charge is -2.12. The Morgan fingerprint density at radius 2 is 1.76 bits per heavy atom. The van der Waals surface area contributed by atoms with E-state index in [0.717, 1.165) is 15.2 Å². The third-order valence-corrected chi connectivity index (χ3v) is 6.52. The largest absolute Gasteiger partial charge is 0.456 e. The van der Waals surface area contributed by atoms with Crippen molar-refractivity contribution >= 4 is 85.5 Å². The molecule has 0 aliphatic heterocycles. The van der Waals surface area contributed by atoms with Crippen molar-refractivity contribution in [1.29, 1.82) is 0 Å². The number of aryl methyl sites for hydroxylation is 1. The molecule has 152 valence electrons. The lowest BCUT2D eigenvalue weighted by molar-refractivity contribution is -0.147. The number of rotatable bonds is 7. The number of nitrogens with zero attached hydrogens (tertiary/aromatic N) is 1. The highest BCUT2D eigenvalue weighted by Gasteiger charge is 2.17. The van der Waals surface area contributed by atoms with Crippen LogP contribution in [0.5, 0.6) is 0 Å². The fraction of sp³-hybridized carbons (Fsp3) is 0.211. The number of para-hydroxylation sites is 1. The van der Waals surface area contributed by atoms with E-state index in [1.54, 1.807) is 11.3 Å². The maximum Gasteiger partial charge on any atom is 0.306 e. The molecule has 0 radical (unpaired) electrons. The Balaban J connectivity index is 1.45. The van der Waals surface area contributed by atoms with Crippen LogP contribution in [0.25, 0.3) is 10.2 Å². The van der Waals surface area contributed by atoms with Gasteiger partial charge in [-0.2, -0.15) is 0 Å². The van der Waals surface area contributed by atoms with Gasteiger partial charge >= 0.3 is 5.97 Å².